The zero-order chi connectivity index (χ0) is 24.9. The summed E-state index contributed by atoms with van der Waals surface area (Å²) < 4.78 is 32.4. The Labute approximate surface area is 202 Å². The van der Waals surface area contributed by atoms with Gasteiger partial charge in [0.2, 0.25) is 17.8 Å². The molecular weight excluding hydrogens is 454 g/mol. The molecule has 2 heterocycles. The molecule has 1 amide bonds. The van der Waals surface area contributed by atoms with Crippen molar-refractivity contribution >= 4 is 29.2 Å². The van der Waals surface area contributed by atoms with Crippen LogP contribution in [0.3, 0.4) is 0 Å². The summed E-state index contributed by atoms with van der Waals surface area (Å²) in [4.78, 5) is 27.1. The molecule has 10 heteroatoms. The van der Waals surface area contributed by atoms with Gasteiger partial charge in [0.25, 0.3) is 0 Å². The van der Waals surface area contributed by atoms with Crippen LogP contribution < -0.4 is 15.5 Å². The van der Waals surface area contributed by atoms with Crippen LogP contribution in [0.4, 0.5) is 32.1 Å². The number of carbonyl (C=O) groups excluding carboxylic acids is 1. The summed E-state index contributed by atoms with van der Waals surface area (Å²) in [5.41, 5.74) is 2.99. The molecule has 184 valence electrons. The standard InChI is InChI=1S/C25H28F2N6O2/c1-15-22(30-17(3)34)5-4-6-23(15)31-24-28-16(2)29-25(32-24)33-11-9-19(10-12-33)35-14-18-7-8-20(26)21(27)13-18/h4-8,13,19H,9-12,14H2,1-3H3,(H,30,34)(H,28,29,31,32). The van der Waals surface area contributed by atoms with Crippen molar-refractivity contribution < 1.29 is 18.3 Å². The topological polar surface area (TPSA) is 92.3 Å². The predicted molar refractivity (Wildman–Crippen MR) is 130 cm³/mol. The van der Waals surface area contributed by atoms with Gasteiger partial charge < -0.3 is 20.3 Å². The molecule has 1 aromatic heterocycles. The molecular formula is C25H28F2N6O2. The maximum atomic E-state index is 13.4. The number of piperidine rings is 1. The first-order valence-corrected chi connectivity index (χ1v) is 11.5. The van der Waals surface area contributed by atoms with Crippen molar-refractivity contribution in [2.24, 2.45) is 0 Å². The Morgan fingerprint density at radius 3 is 2.51 bits per heavy atom. The highest BCUT2D eigenvalue weighted by molar-refractivity contribution is 5.90. The van der Waals surface area contributed by atoms with Gasteiger partial charge in [0, 0.05) is 31.4 Å². The quantitative estimate of drug-likeness (QED) is 0.506. The number of hydrogen-bond acceptors (Lipinski definition) is 7. The second-order valence-corrected chi connectivity index (χ2v) is 8.54. The summed E-state index contributed by atoms with van der Waals surface area (Å²) in [6.45, 7) is 6.82. The van der Waals surface area contributed by atoms with Crippen molar-refractivity contribution in [2.75, 3.05) is 28.6 Å². The molecule has 0 atom stereocenters. The molecule has 3 aromatic rings. The van der Waals surface area contributed by atoms with E-state index >= 15 is 0 Å². The lowest BCUT2D eigenvalue weighted by Crippen LogP contribution is -2.38. The van der Waals surface area contributed by atoms with Gasteiger partial charge in [0.05, 0.1) is 12.7 Å². The average molecular weight is 483 g/mol. The van der Waals surface area contributed by atoms with Crippen LogP contribution in [-0.2, 0) is 16.1 Å². The van der Waals surface area contributed by atoms with Gasteiger partial charge in [-0.2, -0.15) is 15.0 Å². The Morgan fingerprint density at radius 1 is 1.06 bits per heavy atom. The number of ether oxygens (including phenoxy) is 1. The first-order valence-electron chi connectivity index (χ1n) is 11.5. The molecule has 8 nitrogen and oxygen atoms in total. The van der Waals surface area contributed by atoms with Crippen LogP contribution in [0.5, 0.6) is 0 Å². The number of aryl methyl sites for hydroxylation is 1. The fourth-order valence-electron chi connectivity index (χ4n) is 3.95. The maximum absolute atomic E-state index is 13.4. The molecule has 2 aromatic carbocycles. The molecule has 1 fully saturated rings. The molecule has 0 aliphatic carbocycles. The van der Waals surface area contributed by atoms with E-state index in [2.05, 4.69) is 30.5 Å². The minimum Gasteiger partial charge on any atom is -0.373 e. The van der Waals surface area contributed by atoms with Crippen LogP contribution in [0, 0.1) is 25.5 Å². The maximum Gasteiger partial charge on any atom is 0.232 e. The summed E-state index contributed by atoms with van der Waals surface area (Å²) in [6.07, 6.45) is 1.53. The summed E-state index contributed by atoms with van der Waals surface area (Å²) in [6, 6.07) is 9.40. The van der Waals surface area contributed by atoms with Crippen LogP contribution in [-0.4, -0.2) is 40.1 Å². The molecule has 35 heavy (non-hydrogen) atoms. The van der Waals surface area contributed by atoms with Crippen molar-refractivity contribution in [3.05, 3.63) is 65.0 Å². The molecule has 2 N–H and O–H groups in total. The van der Waals surface area contributed by atoms with Gasteiger partial charge in [-0.1, -0.05) is 12.1 Å². The molecule has 0 radical (unpaired) electrons. The molecule has 1 saturated heterocycles. The van der Waals surface area contributed by atoms with Crippen molar-refractivity contribution in [1.82, 2.24) is 15.0 Å². The van der Waals surface area contributed by atoms with Gasteiger partial charge in [0.1, 0.15) is 5.82 Å². The number of halogens is 2. The van der Waals surface area contributed by atoms with Crippen LogP contribution >= 0.6 is 0 Å². The number of nitrogens with zero attached hydrogens (tertiary/aromatic N) is 4. The first-order chi connectivity index (χ1) is 16.8. The summed E-state index contributed by atoms with van der Waals surface area (Å²) in [7, 11) is 0. The summed E-state index contributed by atoms with van der Waals surface area (Å²) in [5.74, 6) is -0.278. The van der Waals surface area contributed by atoms with E-state index in [9.17, 15) is 13.6 Å². The predicted octanol–water partition coefficient (Wildman–Crippen LogP) is 4.65. The van der Waals surface area contributed by atoms with Gasteiger partial charge in [-0.25, -0.2) is 8.78 Å². The van der Waals surface area contributed by atoms with Crippen molar-refractivity contribution in [1.29, 1.82) is 0 Å². The largest absolute Gasteiger partial charge is 0.373 e. The molecule has 1 aliphatic heterocycles. The highest BCUT2D eigenvalue weighted by Crippen LogP contribution is 2.26. The van der Waals surface area contributed by atoms with Gasteiger partial charge >= 0.3 is 0 Å². The van der Waals surface area contributed by atoms with Crippen LogP contribution in [0.1, 0.15) is 36.7 Å². The highest BCUT2D eigenvalue weighted by Gasteiger charge is 2.23. The van der Waals surface area contributed by atoms with E-state index in [0.29, 0.717) is 36.4 Å². The third kappa shape index (κ3) is 6.27. The molecule has 0 unspecified atom stereocenters. The van der Waals surface area contributed by atoms with Crippen LogP contribution in [0.25, 0.3) is 0 Å². The Bertz CT molecular complexity index is 1210. The normalized spacial score (nSPS) is 14.1. The third-order valence-electron chi connectivity index (χ3n) is 5.82. The van der Waals surface area contributed by atoms with Gasteiger partial charge in [-0.05, 0) is 62.1 Å². The van der Waals surface area contributed by atoms with E-state index in [1.54, 1.807) is 0 Å². The van der Waals surface area contributed by atoms with Crippen molar-refractivity contribution in [3.63, 3.8) is 0 Å². The lowest BCUT2D eigenvalue weighted by atomic mass is 10.1. The monoisotopic (exact) mass is 482 g/mol. The number of carbonyl (C=O) groups is 1. The SMILES string of the molecule is CC(=O)Nc1cccc(Nc2nc(C)nc(N3CCC(OCc4ccc(F)c(F)c4)CC3)n2)c1C. The van der Waals surface area contributed by atoms with Gasteiger partial charge in [0.15, 0.2) is 11.6 Å². The molecule has 0 bridgehead atoms. The average Bonchev–Trinajstić information content (AvgIpc) is 2.82. The zero-order valence-electron chi connectivity index (χ0n) is 19.9. The number of aromatic nitrogens is 3. The number of benzene rings is 2. The van der Waals surface area contributed by atoms with Gasteiger partial charge in [-0.15, -0.1) is 0 Å². The van der Waals surface area contributed by atoms with E-state index in [0.717, 1.165) is 35.8 Å². The number of anilines is 4. The number of rotatable bonds is 7. The van der Waals surface area contributed by atoms with Gasteiger partial charge in [-0.3, -0.25) is 4.79 Å². The minimum atomic E-state index is -0.868. The van der Waals surface area contributed by atoms with Crippen molar-refractivity contribution in [2.45, 2.75) is 46.3 Å². The second-order valence-electron chi connectivity index (χ2n) is 8.54. The molecule has 0 spiro atoms. The molecule has 0 saturated carbocycles. The Kier molecular flexibility index (Phi) is 7.50. The zero-order valence-corrected chi connectivity index (χ0v) is 19.9. The number of hydrogen-bond donors (Lipinski definition) is 2. The number of amides is 1. The second kappa shape index (κ2) is 10.7. The Morgan fingerprint density at radius 2 is 1.80 bits per heavy atom. The van der Waals surface area contributed by atoms with Crippen LogP contribution in [0.2, 0.25) is 0 Å². The highest BCUT2D eigenvalue weighted by atomic mass is 19.2. The van der Waals surface area contributed by atoms with Crippen LogP contribution in [0.15, 0.2) is 36.4 Å². The lowest BCUT2D eigenvalue weighted by Gasteiger charge is -2.32. The Hall–Kier alpha value is -3.66. The third-order valence-corrected chi connectivity index (χ3v) is 5.82. The number of nitrogens with one attached hydrogen (secondary N) is 2. The Balaban J connectivity index is 1.38. The van der Waals surface area contributed by atoms with E-state index in [1.807, 2.05) is 32.0 Å². The van der Waals surface area contributed by atoms with E-state index in [4.69, 9.17) is 4.74 Å². The molecule has 4 rings (SSSR count). The van der Waals surface area contributed by atoms with E-state index in [-0.39, 0.29) is 18.6 Å². The van der Waals surface area contributed by atoms with Crippen molar-refractivity contribution in [3.8, 4) is 0 Å². The minimum absolute atomic E-state index is 0.0130. The lowest BCUT2D eigenvalue weighted by molar-refractivity contribution is -0.114. The smallest absolute Gasteiger partial charge is 0.232 e. The summed E-state index contributed by atoms with van der Waals surface area (Å²) >= 11 is 0. The van der Waals surface area contributed by atoms with E-state index in [1.165, 1.54) is 19.1 Å². The van der Waals surface area contributed by atoms with E-state index < -0.39 is 11.6 Å². The first kappa shape index (κ1) is 24.5. The fourth-order valence-corrected chi connectivity index (χ4v) is 3.95. The fraction of sp³-hybridized carbons (Fsp3) is 0.360. The summed E-state index contributed by atoms with van der Waals surface area (Å²) in [5, 5.41) is 6.06. The molecule has 1 aliphatic rings.